The molecule has 0 saturated carbocycles. The van der Waals surface area contributed by atoms with E-state index in [-0.39, 0.29) is 24.9 Å². The number of amides is 2. The van der Waals surface area contributed by atoms with Gasteiger partial charge in [0.1, 0.15) is 0 Å². The van der Waals surface area contributed by atoms with Crippen molar-refractivity contribution in [3.8, 4) is 0 Å². The van der Waals surface area contributed by atoms with Crippen molar-refractivity contribution in [1.82, 2.24) is 10.6 Å². The monoisotopic (exact) mass is 360 g/mol. The number of carbonyl (C=O) groups is 3. The first-order chi connectivity index (χ1) is 12.0. The van der Waals surface area contributed by atoms with Crippen LogP contribution < -0.4 is 10.6 Å². The minimum atomic E-state index is -0.461. The molecule has 2 aromatic carbocycles. The summed E-state index contributed by atoms with van der Waals surface area (Å²) in [7, 11) is 1.29. The number of carbonyl (C=O) groups excluding carboxylic acids is 3. The highest BCUT2D eigenvalue weighted by atomic mass is 35.5. The van der Waals surface area contributed by atoms with Gasteiger partial charge in [0.05, 0.1) is 12.7 Å². The smallest absolute Gasteiger partial charge is 0.337 e. The van der Waals surface area contributed by atoms with Crippen molar-refractivity contribution >= 4 is 29.4 Å². The number of halogens is 1. The number of nitrogens with one attached hydrogen (secondary N) is 2. The van der Waals surface area contributed by atoms with E-state index in [9.17, 15) is 14.4 Å². The van der Waals surface area contributed by atoms with Crippen molar-refractivity contribution in [3.63, 3.8) is 0 Å². The van der Waals surface area contributed by atoms with Crippen LogP contribution in [-0.2, 0) is 4.74 Å². The maximum atomic E-state index is 12.0. The van der Waals surface area contributed by atoms with Crippen LogP contribution in [0.25, 0.3) is 0 Å². The molecule has 0 atom stereocenters. The molecule has 7 heteroatoms. The Morgan fingerprint density at radius 3 is 1.64 bits per heavy atom. The van der Waals surface area contributed by atoms with E-state index in [1.54, 1.807) is 24.3 Å². The molecule has 130 valence electrons. The molecular weight excluding hydrogens is 344 g/mol. The number of ether oxygens (including phenoxy) is 1. The molecule has 0 spiro atoms. The molecule has 0 saturated heterocycles. The third kappa shape index (κ3) is 5.32. The van der Waals surface area contributed by atoms with E-state index in [0.29, 0.717) is 21.7 Å². The van der Waals surface area contributed by atoms with E-state index in [0.717, 1.165) is 0 Å². The van der Waals surface area contributed by atoms with Crippen LogP contribution in [0, 0.1) is 0 Å². The lowest BCUT2D eigenvalue weighted by Gasteiger charge is -2.08. The van der Waals surface area contributed by atoms with Gasteiger partial charge in [0.15, 0.2) is 0 Å². The van der Waals surface area contributed by atoms with Crippen LogP contribution in [0.15, 0.2) is 48.5 Å². The summed E-state index contributed by atoms with van der Waals surface area (Å²) in [5.41, 5.74) is 1.28. The van der Waals surface area contributed by atoms with Gasteiger partial charge in [-0.2, -0.15) is 0 Å². The lowest BCUT2D eigenvalue weighted by molar-refractivity contribution is 0.0600. The standard InChI is InChI=1S/C18H17ClN2O4/c1-25-18(24)14-4-2-12(3-5-14)16(22)20-10-11-21-17(23)13-6-8-15(19)9-7-13/h2-9H,10-11H2,1H3,(H,20,22)(H,21,23). The van der Waals surface area contributed by atoms with Gasteiger partial charge >= 0.3 is 5.97 Å². The number of hydrogen-bond acceptors (Lipinski definition) is 4. The fraction of sp³-hybridized carbons (Fsp3) is 0.167. The SMILES string of the molecule is COC(=O)c1ccc(C(=O)NCCNC(=O)c2ccc(Cl)cc2)cc1. The summed E-state index contributed by atoms with van der Waals surface area (Å²) in [6.45, 7) is 0.560. The van der Waals surface area contributed by atoms with Crippen LogP contribution in [0.4, 0.5) is 0 Å². The predicted molar refractivity (Wildman–Crippen MR) is 93.9 cm³/mol. The summed E-state index contributed by atoms with van der Waals surface area (Å²) in [5.74, 6) is -0.998. The number of methoxy groups -OCH3 is 1. The average Bonchev–Trinajstić information content (AvgIpc) is 2.65. The molecule has 2 N–H and O–H groups in total. The number of esters is 1. The first-order valence-corrected chi connectivity index (χ1v) is 7.89. The second kappa shape index (κ2) is 8.84. The zero-order chi connectivity index (χ0) is 18.2. The maximum absolute atomic E-state index is 12.0. The third-order valence-electron chi connectivity index (χ3n) is 3.37. The van der Waals surface area contributed by atoms with Gasteiger partial charge in [0, 0.05) is 29.2 Å². The molecule has 0 aliphatic heterocycles. The predicted octanol–water partition coefficient (Wildman–Crippen LogP) is 2.29. The van der Waals surface area contributed by atoms with Gasteiger partial charge < -0.3 is 15.4 Å². The molecule has 0 heterocycles. The van der Waals surface area contributed by atoms with E-state index in [1.165, 1.54) is 31.4 Å². The lowest BCUT2D eigenvalue weighted by atomic mass is 10.1. The van der Waals surface area contributed by atoms with Crippen molar-refractivity contribution in [2.24, 2.45) is 0 Å². The van der Waals surface area contributed by atoms with Crippen molar-refractivity contribution < 1.29 is 19.1 Å². The first-order valence-electron chi connectivity index (χ1n) is 7.51. The zero-order valence-corrected chi connectivity index (χ0v) is 14.3. The minimum Gasteiger partial charge on any atom is -0.465 e. The van der Waals surface area contributed by atoms with Crippen molar-refractivity contribution in [1.29, 1.82) is 0 Å². The van der Waals surface area contributed by atoms with Crippen molar-refractivity contribution in [2.75, 3.05) is 20.2 Å². The molecule has 2 rings (SSSR count). The Bertz CT molecular complexity index is 758. The van der Waals surface area contributed by atoms with Crippen molar-refractivity contribution in [2.45, 2.75) is 0 Å². The highest BCUT2D eigenvalue weighted by Gasteiger charge is 2.09. The van der Waals surface area contributed by atoms with Gasteiger partial charge in [0.2, 0.25) is 0 Å². The minimum absolute atomic E-state index is 0.242. The molecular formula is C18H17ClN2O4. The molecule has 0 radical (unpaired) electrons. The van der Waals surface area contributed by atoms with Crippen LogP contribution in [-0.4, -0.2) is 38.0 Å². The molecule has 6 nitrogen and oxygen atoms in total. The Labute approximate surface area is 150 Å². The number of benzene rings is 2. The molecule has 0 aromatic heterocycles. The zero-order valence-electron chi connectivity index (χ0n) is 13.5. The quantitative estimate of drug-likeness (QED) is 0.611. The molecule has 25 heavy (non-hydrogen) atoms. The number of rotatable bonds is 6. The van der Waals surface area contributed by atoms with Crippen LogP contribution in [0.5, 0.6) is 0 Å². The Morgan fingerprint density at radius 1 is 0.800 bits per heavy atom. The molecule has 2 aromatic rings. The fourth-order valence-corrected chi connectivity index (χ4v) is 2.16. The van der Waals surface area contributed by atoms with Crippen LogP contribution in [0.3, 0.4) is 0 Å². The van der Waals surface area contributed by atoms with E-state index >= 15 is 0 Å². The molecule has 0 aliphatic carbocycles. The third-order valence-corrected chi connectivity index (χ3v) is 3.62. The van der Waals surface area contributed by atoms with Gasteiger partial charge in [-0.3, -0.25) is 9.59 Å². The summed E-state index contributed by atoms with van der Waals surface area (Å²) in [6, 6.07) is 12.6. The summed E-state index contributed by atoms with van der Waals surface area (Å²) in [6.07, 6.45) is 0. The largest absolute Gasteiger partial charge is 0.465 e. The first kappa shape index (κ1) is 18.5. The second-order valence-electron chi connectivity index (χ2n) is 5.09. The molecule has 0 bridgehead atoms. The molecule has 0 unspecified atom stereocenters. The normalized spacial score (nSPS) is 10.0. The fourth-order valence-electron chi connectivity index (χ4n) is 2.03. The lowest BCUT2D eigenvalue weighted by Crippen LogP contribution is -2.34. The van der Waals surface area contributed by atoms with Crippen LogP contribution >= 0.6 is 11.6 Å². The summed E-state index contributed by atoms with van der Waals surface area (Å²) in [5, 5.41) is 5.94. The highest BCUT2D eigenvalue weighted by Crippen LogP contribution is 2.09. The van der Waals surface area contributed by atoms with E-state index in [4.69, 9.17) is 11.6 Å². The van der Waals surface area contributed by atoms with E-state index in [1.807, 2.05) is 0 Å². The van der Waals surface area contributed by atoms with Crippen molar-refractivity contribution in [3.05, 3.63) is 70.2 Å². The second-order valence-corrected chi connectivity index (χ2v) is 5.52. The summed E-state index contributed by atoms with van der Waals surface area (Å²) >= 11 is 5.77. The average molecular weight is 361 g/mol. The van der Waals surface area contributed by atoms with E-state index < -0.39 is 5.97 Å². The van der Waals surface area contributed by atoms with Gasteiger partial charge in [-0.1, -0.05) is 11.6 Å². The Balaban J connectivity index is 1.77. The number of hydrogen-bond donors (Lipinski definition) is 2. The van der Waals surface area contributed by atoms with Crippen LogP contribution in [0.2, 0.25) is 5.02 Å². The van der Waals surface area contributed by atoms with E-state index in [2.05, 4.69) is 15.4 Å². The molecule has 0 fully saturated rings. The summed E-state index contributed by atoms with van der Waals surface area (Å²) in [4.78, 5) is 35.2. The Kier molecular flexibility index (Phi) is 6.54. The van der Waals surface area contributed by atoms with Gasteiger partial charge in [-0.15, -0.1) is 0 Å². The highest BCUT2D eigenvalue weighted by molar-refractivity contribution is 6.30. The molecule has 0 aliphatic rings. The Hall–Kier alpha value is -2.86. The van der Waals surface area contributed by atoms with Gasteiger partial charge in [-0.05, 0) is 48.5 Å². The topological polar surface area (TPSA) is 84.5 Å². The Morgan fingerprint density at radius 2 is 1.20 bits per heavy atom. The maximum Gasteiger partial charge on any atom is 0.337 e. The van der Waals surface area contributed by atoms with Gasteiger partial charge in [0.25, 0.3) is 11.8 Å². The van der Waals surface area contributed by atoms with Crippen LogP contribution in [0.1, 0.15) is 31.1 Å². The summed E-state index contributed by atoms with van der Waals surface area (Å²) < 4.78 is 4.59. The molecule has 2 amide bonds. The van der Waals surface area contributed by atoms with Gasteiger partial charge in [-0.25, -0.2) is 4.79 Å².